The smallest absolute Gasteiger partial charge is 0.341 e. The highest BCUT2D eigenvalue weighted by atomic mass is 32.2. The zero-order valence-corrected chi connectivity index (χ0v) is 12.7. The lowest BCUT2D eigenvalue weighted by molar-refractivity contribution is -0.0510. The normalized spacial score (nSPS) is 11.8. The summed E-state index contributed by atoms with van der Waals surface area (Å²) in [6, 6.07) is 0. The Labute approximate surface area is 120 Å². The fourth-order valence-electron chi connectivity index (χ4n) is 0.584. The second-order valence-electron chi connectivity index (χ2n) is 3.43. The van der Waals surface area contributed by atoms with E-state index >= 15 is 0 Å². The molecule has 0 fully saturated rings. The van der Waals surface area contributed by atoms with E-state index < -0.39 is 25.7 Å². The molecular weight excluding hydrogens is 341 g/mol. The molecule has 0 unspecified atom stereocenters. The van der Waals surface area contributed by atoms with Gasteiger partial charge in [0.1, 0.15) is 0 Å². The van der Waals surface area contributed by atoms with Gasteiger partial charge in [-0.2, -0.15) is 30.0 Å². The number of alkyl halides is 3. The first-order valence-electron chi connectivity index (χ1n) is 5.11. The highest BCUT2D eigenvalue weighted by molar-refractivity contribution is 7.86. The first kappa shape index (κ1) is 22.1. The van der Waals surface area contributed by atoms with Crippen LogP contribution in [0.2, 0.25) is 0 Å². The molecule has 0 aromatic carbocycles. The van der Waals surface area contributed by atoms with Crippen LogP contribution in [0.4, 0.5) is 13.2 Å². The summed E-state index contributed by atoms with van der Waals surface area (Å²) in [6.07, 6.45) is 5.86. The molecule has 8 nitrogen and oxygen atoms in total. The number of hydrogen-bond donors (Lipinski definition) is 2. The Morgan fingerprint density at radius 2 is 1.62 bits per heavy atom. The lowest BCUT2D eigenvalue weighted by Gasteiger charge is -1.97. The maximum atomic E-state index is 10.7. The molecule has 126 valence electrons. The minimum atomic E-state index is -5.84. The molecule has 0 saturated heterocycles. The summed E-state index contributed by atoms with van der Waals surface area (Å²) in [7, 11) is -7.58. The van der Waals surface area contributed by atoms with E-state index in [1.165, 1.54) is 0 Å². The number of nitrogens with zero attached hydrogens (tertiary/aromatic N) is 2. The van der Waals surface area contributed by atoms with Gasteiger partial charge >= 0.3 is 15.6 Å². The second kappa shape index (κ2) is 8.96. The molecule has 0 aliphatic rings. The average Bonchev–Trinajstić information content (AvgIpc) is 2.65. The molecule has 21 heavy (non-hydrogen) atoms. The topological polar surface area (TPSA) is 127 Å². The van der Waals surface area contributed by atoms with E-state index in [0.29, 0.717) is 6.42 Å². The quantitative estimate of drug-likeness (QED) is 0.600. The molecule has 1 aromatic heterocycles. The Bertz CT molecular complexity index is 580. The summed E-state index contributed by atoms with van der Waals surface area (Å²) in [5.74, 6) is -0.132. The van der Waals surface area contributed by atoms with Crippen molar-refractivity contribution in [2.45, 2.75) is 18.9 Å². The second-order valence-corrected chi connectivity index (χ2v) is 6.42. The first-order valence-corrected chi connectivity index (χ1v) is 8.16. The monoisotopic (exact) mass is 356 g/mol. The van der Waals surface area contributed by atoms with Crippen LogP contribution in [0.15, 0.2) is 18.7 Å². The highest BCUT2D eigenvalue weighted by Gasteiger charge is 2.44. The van der Waals surface area contributed by atoms with Gasteiger partial charge in [0.2, 0.25) is 0 Å². The molecule has 1 heterocycles. The first-order chi connectivity index (χ1) is 9.20. The lowest BCUT2D eigenvalue weighted by Crippen LogP contribution is -2.21. The molecule has 0 radical (unpaired) electrons. The Morgan fingerprint density at radius 3 is 1.67 bits per heavy atom. The van der Waals surface area contributed by atoms with Crippen LogP contribution in [0.3, 0.4) is 0 Å². The average molecular weight is 356 g/mol. The SMILES string of the molecule is CCCS(=O)(=O)O.Cn1ccnc1.O=S(=O)(O)C(F)(F)F. The van der Waals surface area contributed by atoms with Crippen molar-refractivity contribution in [1.29, 1.82) is 0 Å². The Balaban J connectivity index is 0. The predicted molar refractivity (Wildman–Crippen MR) is 67.5 cm³/mol. The van der Waals surface area contributed by atoms with Crippen molar-refractivity contribution in [3.05, 3.63) is 18.7 Å². The van der Waals surface area contributed by atoms with Gasteiger partial charge in [-0.15, -0.1) is 0 Å². The molecular formula is C8H15F3N2O6S2. The van der Waals surface area contributed by atoms with Crippen molar-refractivity contribution < 1.29 is 39.1 Å². The number of aryl methyl sites for hydroxylation is 1. The molecule has 1 aromatic rings. The van der Waals surface area contributed by atoms with E-state index in [2.05, 4.69) is 4.98 Å². The van der Waals surface area contributed by atoms with Crippen LogP contribution in [0.25, 0.3) is 0 Å². The largest absolute Gasteiger partial charge is 0.522 e. The Morgan fingerprint density at radius 1 is 1.19 bits per heavy atom. The van der Waals surface area contributed by atoms with Crippen LogP contribution in [0.5, 0.6) is 0 Å². The van der Waals surface area contributed by atoms with Gasteiger partial charge in [-0.05, 0) is 6.42 Å². The standard InChI is InChI=1S/C4H6N2.C3H8O3S.CHF3O3S/c1-6-3-2-5-4-6;1-2-3-7(4,5)6;2-1(3,4)8(5,6)7/h2-4H,1H3;2-3H2,1H3,(H,4,5,6);(H,5,6,7). The molecule has 0 bridgehead atoms. The van der Waals surface area contributed by atoms with Gasteiger partial charge in [-0.25, -0.2) is 4.98 Å². The van der Waals surface area contributed by atoms with E-state index in [4.69, 9.17) is 17.5 Å². The van der Waals surface area contributed by atoms with Gasteiger partial charge in [-0.3, -0.25) is 9.11 Å². The summed E-state index contributed by atoms with van der Waals surface area (Å²) in [5, 5.41) is 0. The highest BCUT2D eigenvalue weighted by Crippen LogP contribution is 2.20. The van der Waals surface area contributed by atoms with Crippen molar-refractivity contribution in [2.75, 3.05) is 5.75 Å². The summed E-state index contributed by atoms with van der Waals surface area (Å²) >= 11 is 0. The number of halogens is 3. The van der Waals surface area contributed by atoms with Gasteiger partial charge in [0.25, 0.3) is 10.1 Å². The van der Waals surface area contributed by atoms with Gasteiger partial charge in [0.05, 0.1) is 12.1 Å². The van der Waals surface area contributed by atoms with Crippen LogP contribution in [-0.2, 0) is 27.3 Å². The van der Waals surface area contributed by atoms with E-state index in [-0.39, 0.29) is 5.75 Å². The van der Waals surface area contributed by atoms with Gasteiger partial charge in [0, 0.05) is 19.4 Å². The van der Waals surface area contributed by atoms with Crippen LogP contribution in [0, 0.1) is 0 Å². The number of hydrogen-bond acceptors (Lipinski definition) is 5. The minimum Gasteiger partial charge on any atom is -0.341 e. The summed E-state index contributed by atoms with van der Waals surface area (Å²) in [4.78, 5) is 3.78. The van der Waals surface area contributed by atoms with Gasteiger partial charge in [-0.1, -0.05) is 6.92 Å². The van der Waals surface area contributed by atoms with Crippen molar-refractivity contribution in [3.8, 4) is 0 Å². The van der Waals surface area contributed by atoms with Crippen molar-refractivity contribution >= 4 is 20.2 Å². The van der Waals surface area contributed by atoms with E-state index in [1.807, 2.05) is 17.8 Å². The molecule has 0 atom stereocenters. The number of rotatable bonds is 2. The van der Waals surface area contributed by atoms with Crippen molar-refractivity contribution in [1.82, 2.24) is 9.55 Å². The number of imidazole rings is 1. The maximum absolute atomic E-state index is 10.7. The third-order valence-electron chi connectivity index (χ3n) is 1.39. The molecule has 0 spiro atoms. The van der Waals surface area contributed by atoms with Gasteiger partial charge in [0.15, 0.2) is 0 Å². The molecule has 13 heteroatoms. The fourth-order valence-corrected chi connectivity index (χ4v) is 1.10. The molecule has 0 aliphatic heterocycles. The number of aromatic nitrogens is 2. The zero-order chi connectivity index (χ0) is 17.3. The van der Waals surface area contributed by atoms with E-state index in [0.717, 1.165) is 0 Å². The van der Waals surface area contributed by atoms with E-state index in [9.17, 15) is 21.6 Å². The zero-order valence-electron chi connectivity index (χ0n) is 11.0. The third kappa shape index (κ3) is 15.0. The van der Waals surface area contributed by atoms with Crippen LogP contribution < -0.4 is 0 Å². The maximum Gasteiger partial charge on any atom is 0.522 e. The fraction of sp³-hybridized carbons (Fsp3) is 0.625. The lowest BCUT2D eigenvalue weighted by atomic mass is 10.6. The molecule has 0 aliphatic carbocycles. The van der Waals surface area contributed by atoms with Crippen LogP contribution >= 0.6 is 0 Å². The Kier molecular flexibility index (Phi) is 9.44. The van der Waals surface area contributed by atoms with E-state index in [1.54, 1.807) is 19.4 Å². The van der Waals surface area contributed by atoms with Crippen molar-refractivity contribution in [3.63, 3.8) is 0 Å². The summed E-state index contributed by atoms with van der Waals surface area (Å²) in [6.45, 7) is 1.69. The van der Waals surface area contributed by atoms with Crippen molar-refractivity contribution in [2.24, 2.45) is 7.05 Å². The molecule has 0 amide bonds. The van der Waals surface area contributed by atoms with Crippen LogP contribution in [-0.4, -0.2) is 46.8 Å². The van der Waals surface area contributed by atoms with Gasteiger partial charge < -0.3 is 4.57 Å². The molecule has 0 saturated carbocycles. The Hall–Kier alpha value is -1.18. The van der Waals surface area contributed by atoms with Crippen LogP contribution in [0.1, 0.15) is 13.3 Å². The predicted octanol–water partition coefficient (Wildman–Crippen LogP) is 1.10. The third-order valence-corrected chi connectivity index (χ3v) is 2.90. The molecule has 1 rings (SSSR count). The summed E-state index contributed by atoms with van der Waals surface area (Å²) in [5.41, 5.74) is -5.53. The minimum absolute atomic E-state index is 0.132. The molecule has 2 N–H and O–H groups in total. The summed E-state index contributed by atoms with van der Waals surface area (Å²) < 4.78 is 87.0.